The highest BCUT2D eigenvalue weighted by molar-refractivity contribution is 7.13. The Labute approximate surface area is 113 Å². The van der Waals surface area contributed by atoms with Gasteiger partial charge in [-0.3, -0.25) is 4.79 Å². The molecule has 0 saturated heterocycles. The van der Waals surface area contributed by atoms with Gasteiger partial charge in [0, 0.05) is 18.0 Å². The van der Waals surface area contributed by atoms with E-state index in [9.17, 15) is 4.79 Å². The van der Waals surface area contributed by atoms with Gasteiger partial charge in [-0.25, -0.2) is 4.98 Å². The quantitative estimate of drug-likeness (QED) is 0.935. The first-order valence-corrected chi connectivity index (χ1v) is 7.59. The summed E-state index contributed by atoms with van der Waals surface area (Å²) in [5.74, 6) is -0.00310. The summed E-state index contributed by atoms with van der Waals surface area (Å²) in [5.41, 5.74) is 7.24. The summed E-state index contributed by atoms with van der Waals surface area (Å²) >= 11 is 2.97. The molecular weight excluding hydrogens is 266 g/mol. The van der Waals surface area contributed by atoms with Crippen molar-refractivity contribution in [1.29, 1.82) is 0 Å². The number of nitrogens with two attached hydrogens (primary N) is 1. The Morgan fingerprint density at radius 2 is 2.33 bits per heavy atom. The maximum Gasteiger partial charge on any atom is 0.273 e. The SMILES string of the molecule is Nc1nc(C(=O)N(Cc2ccsc2)C2CC2)cs1. The number of hydrogen-bond donors (Lipinski definition) is 1. The molecule has 0 bridgehead atoms. The van der Waals surface area contributed by atoms with E-state index in [0.717, 1.165) is 12.8 Å². The molecule has 18 heavy (non-hydrogen) atoms. The fourth-order valence-electron chi connectivity index (χ4n) is 1.87. The maximum absolute atomic E-state index is 12.4. The molecule has 4 nitrogen and oxygen atoms in total. The van der Waals surface area contributed by atoms with Gasteiger partial charge in [-0.05, 0) is 35.2 Å². The Kier molecular flexibility index (Phi) is 3.05. The third-order valence-corrected chi connectivity index (χ3v) is 4.33. The maximum atomic E-state index is 12.4. The number of hydrogen-bond acceptors (Lipinski definition) is 5. The Hall–Kier alpha value is -1.40. The topological polar surface area (TPSA) is 59.2 Å². The Bertz CT molecular complexity index is 545. The fraction of sp³-hybridized carbons (Fsp3) is 0.333. The molecule has 0 aliphatic heterocycles. The average molecular weight is 279 g/mol. The van der Waals surface area contributed by atoms with Crippen molar-refractivity contribution in [2.45, 2.75) is 25.4 Å². The van der Waals surface area contributed by atoms with Crippen molar-refractivity contribution in [1.82, 2.24) is 9.88 Å². The highest BCUT2D eigenvalue weighted by Gasteiger charge is 2.33. The minimum Gasteiger partial charge on any atom is -0.375 e. The lowest BCUT2D eigenvalue weighted by Crippen LogP contribution is -2.32. The Morgan fingerprint density at radius 1 is 1.50 bits per heavy atom. The lowest BCUT2D eigenvalue weighted by Gasteiger charge is -2.20. The van der Waals surface area contributed by atoms with Crippen molar-refractivity contribution in [2.24, 2.45) is 0 Å². The number of aromatic nitrogens is 1. The molecule has 1 aliphatic carbocycles. The molecule has 94 valence electrons. The van der Waals surface area contributed by atoms with Gasteiger partial charge in [0.2, 0.25) is 0 Å². The molecule has 2 N–H and O–H groups in total. The fourth-order valence-corrected chi connectivity index (χ4v) is 3.06. The Balaban J connectivity index is 1.79. The van der Waals surface area contributed by atoms with Crippen LogP contribution < -0.4 is 5.73 Å². The number of anilines is 1. The van der Waals surface area contributed by atoms with E-state index in [0.29, 0.717) is 23.4 Å². The van der Waals surface area contributed by atoms with E-state index in [2.05, 4.69) is 16.4 Å². The molecule has 1 saturated carbocycles. The number of thiophene rings is 1. The predicted octanol–water partition coefficient (Wildman–Crippen LogP) is 2.59. The van der Waals surface area contributed by atoms with Crippen LogP contribution in [-0.4, -0.2) is 21.8 Å². The molecule has 1 aliphatic rings. The first kappa shape index (κ1) is 11.7. The van der Waals surface area contributed by atoms with Crippen LogP contribution in [0.1, 0.15) is 28.9 Å². The molecule has 0 spiro atoms. The van der Waals surface area contributed by atoms with Gasteiger partial charge in [-0.1, -0.05) is 0 Å². The van der Waals surface area contributed by atoms with Crippen LogP contribution in [0.2, 0.25) is 0 Å². The minimum absolute atomic E-state index is 0.00310. The molecule has 1 amide bonds. The summed E-state index contributed by atoms with van der Waals surface area (Å²) in [5, 5.41) is 6.30. The van der Waals surface area contributed by atoms with Gasteiger partial charge in [0.1, 0.15) is 5.69 Å². The molecule has 0 radical (unpaired) electrons. The first-order chi connectivity index (χ1) is 8.74. The monoisotopic (exact) mass is 279 g/mol. The van der Waals surface area contributed by atoms with E-state index in [1.165, 1.54) is 16.9 Å². The molecule has 3 rings (SSSR count). The summed E-state index contributed by atoms with van der Waals surface area (Å²) in [4.78, 5) is 18.4. The largest absolute Gasteiger partial charge is 0.375 e. The second kappa shape index (κ2) is 4.70. The van der Waals surface area contributed by atoms with Crippen LogP contribution in [0.15, 0.2) is 22.2 Å². The van der Waals surface area contributed by atoms with Crippen molar-refractivity contribution >= 4 is 33.7 Å². The Morgan fingerprint density at radius 3 is 2.89 bits per heavy atom. The number of carbonyl (C=O) groups excluding carboxylic acids is 1. The molecule has 0 atom stereocenters. The summed E-state index contributed by atoms with van der Waals surface area (Å²) < 4.78 is 0. The van der Waals surface area contributed by atoms with Crippen molar-refractivity contribution in [3.8, 4) is 0 Å². The van der Waals surface area contributed by atoms with Crippen LogP contribution in [-0.2, 0) is 6.54 Å². The van der Waals surface area contributed by atoms with E-state index in [-0.39, 0.29) is 5.91 Å². The molecule has 2 aromatic rings. The third-order valence-electron chi connectivity index (χ3n) is 2.92. The highest BCUT2D eigenvalue weighted by Crippen LogP contribution is 2.30. The van der Waals surface area contributed by atoms with Crippen LogP contribution in [0.4, 0.5) is 5.13 Å². The minimum atomic E-state index is -0.00310. The van der Waals surface area contributed by atoms with E-state index >= 15 is 0 Å². The summed E-state index contributed by atoms with van der Waals surface area (Å²) in [6.45, 7) is 0.671. The lowest BCUT2D eigenvalue weighted by atomic mass is 10.3. The van der Waals surface area contributed by atoms with E-state index < -0.39 is 0 Å². The average Bonchev–Trinajstić information content (AvgIpc) is 2.88. The molecule has 1 fully saturated rings. The van der Waals surface area contributed by atoms with E-state index in [1.807, 2.05) is 10.3 Å². The van der Waals surface area contributed by atoms with Crippen molar-refractivity contribution in [2.75, 3.05) is 5.73 Å². The van der Waals surface area contributed by atoms with Crippen LogP contribution in [0.5, 0.6) is 0 Å². The van der Waals surface area contributed by atoms with Crippen molar-refractivity contribution in [3.63, 3.8) is 0 Å². The number of amides is 1. The third kappa shape index (κ3) is 2.39. The lowest BCUT2D eigenvalue weighted by molar-refractivity contribution is 0.0725. The molecule has 0 aromatic carbocycles. The summed E-state index contributed by atoms with van der Waals surface area (Å²) in [6.07, 6.45) is 2.19. The standard InChI is InChI=1S/C12H13N3OS2/c13-12-14-10(7-18-12)11(16)15(9-1-2-9)5-8-3-4-17-6-8/h3-4,6-7,9H,1-2,5H2,(H2,13,14). The number of nitrogen functional groups attached to an aromatic ring is 1. The van der Waals surface area contributed by atoms with Crippen LogP contribution in [0, 0.1) is 0 Å². The van der Waals surface area contributed by atoms with E-state index in [4.69, 9.17) is 5.73 Å². The predicted molar refractivity (Wildman–Crippen MR) is 73.7 cm³/mol. The normalized spacial score (nSPS) is 14.7. The van der Waals surface area contributed by atoms with Crippen LogP contribution in [0.3, 0.4) is 0 Å². The number of rotatable bonds is 4. The van der Waals surface area contributed by atoms with Crippen LogP contribution in [0.25, 0.3) is 0 Å². The molecular formula is C12H13N3OS2. The second-order valence-corrected chi connectivity index (χ2v) is 6.04. The second-order valence-electron chi connectivity index (χ2n) is 4.37. The molecule has 0 unspecified atom stereocenters. The molecule has 2 heterocycles. The van der Waals surface area contributed by atoms with Gasteiger partial charge in [0.15, 0.2) is 5.13 Å². The molecule has 6 heteroatoms. The van der Waals surface area contributed by atoms with Crippen LogP contribution >= 0.6 is 22.7 Å². The smallest absolute Gasteiger partial charge is 0.273 e. The van der Waals surface area contributed by atoms with Gasteiger partial charge in [0.25, 0.3) is 5.91 Å². The van der Waals surface area contributed by atoms with Gasteiger partial charge >= 0.3 is 0 Å². The van der Waals surface area contributed by atoms with Gasteiger partial charge in [0.05, 0.1) is 0 Å². The summed E-state index contributed by atoms with van der Waals surface area (Å²) in [6, 6.07) is 2.43. The number of nitrogens with zero attached hydrogens (tertiary/aromatic N) is 2. The summed E-state index contributed by atoms with van der Waals surface area (Å²) in [7, 11) is 0. The molecule has 2 aromatic heterocycles. The van der Waals surface area contributed by atoms with Gasteiger partial charge in [-0.2, -0.15) is 11.3 Å². The van der Waals surface area contributed by atoms with E-state index in [1.54, 1.807) is 16.7 Å². The number of carbonyl (C=O) groups is 1. The zero-order chi connectivity index (χ0) is 12.5. The number of thiazole rings is 1. The zero-order valence-electron chi connectivity index (χ0n) is 9.70. The van der Waals surface area contributed by atoms with Crippen molar-refractivity contribution in [3.05, 3.63) is 33.5 Å². The van der Waals surface area contributed by atoms with Gasteiger partial charge < -0.3 is 10.6 Å². The highest BCUT2D eigenvalue weighted by atomic mass is 32.1. The first-order valence-electron chi connectivity index (χ1n) is 5.77. The zero-order valence-corrected chi connectivity index (χ0v) is 11.3. The van der Waals surface area contributed by atoms with Gasteiger partial charge in [-0.15, -0.1) is 11.3 Å². The van der Waals surface area contributed by atoms with Crippen molar-refractivity contribution < 1.29 is 4.79 Å².